The Labute approximate surface area is 148 Å². The van der Waals surface area contributed by atoms with Gasteiger partial charge in [-0.1, -0.05) is 6.07 Å². The fourth-order valence-corrected chi connectivity index (χ4v) is 3.16. The van der Waals surface area contributed by atoms with E-state index in [1.165, 1.54) is 0 Å². The van der Waals surface area contributed by atoms with E-state index in [1.54, 1.807) is 14.2 Å². The lowest BCUT2D eigenvalue weighted by atomic mass is 10.0. The van der Waals surface area contributed by atoms with Gasteiger partial charge in [0, 0.05) is 26.2 Å². The number of amides is 2. The Kier molecular flexibility index (Phi) is 5.65. The van der Waals surface area contributed by atoms with E-state index in [9.17, 15) is 4.79 Å². The van der Waals surface area contributed by atoms with Crippen molar-refractivity contribution in [2.75, 3.05) is 53.6 Å². The Morgan fingerprint density at radius 3 is 2.56 bits per heavy atom. The largest absolute Gasteiger partial charge is 0.493 e. The van der Waals surface area contributed by atoms with Crippen LogP contribution in [-0.4, -0.2) is 64.5 Å². The minimum Gasteiger partial charge on any atom is -0.493 e. The molecule has 2 amide bonds. The van der Waals surface area contributed by atoms with E-state index in [0.717, 1.165) is 51.3 Å². The molecule has 0 unspecified atom stereocenters. The van der Waals surface area contributed by atoms with Crippen LogP contribution in [0.1, 0.15) is 18.4 Å². The standard InChI is InChI=1S/C18H27N3O4/c1-23-15-4-3-14(13-16(15)24-2)18(5-6-18)20-17(22)19-7-8-21-9-11-25-12-10-21/h3-4,13H,5-12H2,1-2H3,(H2,19,20,22). The van der Waals surface area contributed by atoms with Crippen molar-refractivity contribution in [3.05, 3.63) is 23.8 Å². The van der Waals surface area contributed by atoms with Gasteiger partial charge in [-0.05, 0) is 30.5 Å². The molecule has 1 aliphatic carbocycles. The number of benzene rings is 1. The van der Waals surface area contributed by atoms with Gasteiger partial charge in [-0.2, -0.15) is 0 Å². The third kappa shape index (κ3) is 4.35. The van der Waals surface area contributed by atoms with E-state index in [-0.39, 0.29) is 11.6 Å². The summed E-state index contributed by atoms with van der Waals surface area (Å²) in [6.07, 6.45) is 1.86. The van der Waals surface area contributed by atoms with Crippen LogP contribution in [0, 0.1) is 0 Å². The Bertz CT molecular complexity index is 598. The van der Waals surface area contributed by atoms with Crippen LogP contribution in [-0.2, 0) is 10.3 Å². The van der Waals surface area contributed by atoms with Crippen molar-refractivity contribution in [3.8, 4) is 11.5 Å². The summed E-state index contributed by atoms with van der Waals surface area (Å²) in [5.74, 6) is 1.37. The molecule has 0 aromatic heterocycles. The molecule has 1 saturated carbocycles. The SMILES string of the molecule is COc1ccc(C2(NC(=O)NCCN3CCOCC3)CC2)cc1OC. The number of hydrogen-bond acceptors (Lipinski definition) is 5. The summed E-state index contributed by atoms with van der Waals surface area (Å²) in [6, 6.07) is 5.69. The molecule has 0 atom stereocenters. The van der Waals surface area contributed by atoms with E-state index in [1.807, 2.05) is 18.2 Å². The zero-order valence-corrected chi connectivity index (χ0v) is 15.0. The molecule has 1 aliphatic heterocycles. The second-order valence-electron chi connectivity index (χ2n) is 6.49. The highest BCUT2D eigenvalue weighted by atomic mass is 16.5. The minimum absolute atomic E-state index is 0.124. The van der Waals surface area contributed by atoms with Gasteiger partial charge in [0.05, 0.1) is 33.0 Å². The molecule has 2 fully saturated rings. The van der Waals surface area contributed by atoms with E-state index in [0.29, 0.717) is 18.0 Å². The van der Waals surface area contributed by atoms with Gasteiger partial charge in [0.1, 0.15) is 0 Å². The molecule has 1 saturated heterocycles. The molecular weight excluding hydrogens is 322 g/mol. The molecule has 0 bridgehead atoms. The Hall–Kier alpha value is -1.99. The topological polar surface area (TPSA) is 72.1 Å². The second-order valence-corrected chi connectivity index (χ2v) is 6.49. The molecule has 3 rings (SSSR count). The number of morpholine rings is 1. The summed E-state index contributed by atoms with van der Waals surface area (Å²) in [7, 11) is 3.23. The number of rotatable bonds is 7. The maximum atomic E-state index is 12.3. The molecule has 2 aliphatic rings. The Morgan fingerprint density at radius 2 is 1.92 bits per heavy atom. The lowest BCUT2D eigenvalue weighted by molar-refractivity contribution is 0.0387. The number of ether oxygens (including phenoxy) is 3. The number of urea groups is 1. The van der Waals surface area contributed by atoms with Crippen molar-refractivity contribution in [2.45, 2.75) is 18.4 Å². The summed E-state index contributed by atoms with van der Waals surface area (Å²) in [5.41, 5.74) is 0.760. The third-order valence-corrected chi connectivity index (χ3v) is 4.86. The van der Waals surface area contributed by atoms with Gasteiger partial charge in [0.25, 0.3) is 0 Å². The van der Waals surface area contributed by atoms with Crippen LogP contribution in [0.4, 0.5) is 4.79 Å². The molecule has 138 valence electrons. The zero-order valence-electron chi connectivity index (χ0n) is 15.0. The quantitative estimate of drug-likeness (QED) is 0.777. The third-order valence-electron chi connectivity index (χ3n) is 4.86. The number of carbonyl (C=O) groups excluding carboxylic acids is 1. The predicted molar refractivity (Wildman–Crippen MR) is 94.3 cm³/mol. The fourth-order valence-electron chi connectivity index (χ4n) is 3.16. The monoisotopic (exact) mass is 349 g/mol. The molecule has 7 nitrogen and oxygen atoms in total. The van der Waals surface area contributed by atoms with Crippen LogP contribution in [0.2, 0.25) is 0 Å². The van der Waals surface area contributed by atoms with E-state index >= 15 is 0 Å². The van der Waals surface area contributed by atoms with Crippen LogP contribution in [0.25, 0.3) is 0 Å². The normalized spacial score (nSPS) is 19.1. The lowest BCUT2D eigenvalue weighted by Crippen LogP contribution is -2.46. The van der Waals surface area contributed by atoms with E-state index in [2.05, 4.69) is 15.5 Å². The molecule has 0 spiro atoms. The Balaban J connectivity index is 1.52. The van der Waals surface area contributed by atoms with Gasteiger partial charge < -0.3 is 24.8 Å². The summed E-state index contributed by atoms with van der Waals surface area (Å²) in [5, 5.41) is 6.08. The highest BCUT2D eigenvalue weighted by molar-refractivity contribution is 5.75. The van der Waals surface area contributed by atoms with Crippen LogP contribution in [0.15, 0.2) is 18.2 Å². The zero-order chi connectivity index (χ0) is 17.7. The summed E-state index contributed by atoms with van der Waals surface area (Å²) in [6.45, 7) is 4.88. The van der Waals surface area contributed by atoms with Crippen LogP contribution < -0.4 is 20.1 Å². The molecule has 1 heterocycles. The van der Waals surface area contributed by atoms with Crippen molar-refractivity contribution in [2.24, 2.45) is 0 Å². The van der Waals surface area contributed by atoms with Crippen molar-refractivity contribution < 1.29 is 19.0 Å². The molecular formula is C18H27N3O4. The Morgan fingerprint density at radius 1 is 1.20 bits per heavy atom. The first-order valence-corrected chi connectivity index (χ1v) is 8.75. The van der Waals surface area contributed by atoms with Crippen molar-refractivity contribution in [1.29, 1.82) is 0 Å². The van der Waals surface area contributed by atoms with Crippen molar-refractivity contribution in [1.82, 2.24) is 15.5 Å². The van der Waals surface area contributed by atoms with Crippen molar-refractivity contribution >= 4 is 6.03 Å². The first-order chi connectivity index (χ1) is 12.2. The van der Waals surface area contributed by atoms with Gasteiger partial charge in [0.15, 0.2) is 11.5 Å². The first-order valence-electron chi connectivity index (χ1n) is 8.75. The highest BCUT2D eigenvalue weighted by Gasteiger charge is 2.46. The van der Waals surface area contributed by atoms with Gasteiger partial charge in [0.2, 0.25) is 0 Å². The van der Waals surface area contributed by atoms with Gasteiger partial charge in [-0.25, -0.2) is 4.79 Å². The summed E-state index contributed by atoms with van der Waals surface area (Å²) < 4.78 is 16.0. The first kappa shape index (κ1) is 17.8. The number of hydrogen-bond donors (Lipinski definition) is 2. The summed E-state index contributed by atoms with van der Waals surface area (Å²) in [4.78, 5) is 14.6. The second kappa shape index (κ2) is 7.93. The van der Waals surface area contributed by atoms with E-state index in [4.69, 9.17) is 14.2 Å². The minimum atomic E-state index is -0.289. The number of methoxy groups -OCH3 is 2. The molecule has 1 aromatic rings. The average molecular weight is 349 g/mol. The molecule has 1 aromatic carbocycles. The number of carbonyl (C=O) groups is 1. The molecule has 25 heavy (non-hydrogen) atoms. The molecule has 2 N–H and O–H groups in total. The summed E-state index contributed by atoms with van der Waals surface area (Å²) >= 11 is 0. The number of nitrogens with one attached hydrogen (secondary N) is 2. The highest BCUT2D eigenvalue weighted by Crippen LogP contribution is 2.47. The lowest BCUT2D eigenvalue weighted by Gasteiger charge is -2.26. The van der Waals surface area contributed by atoms with Gasteiger partial charge in [-0.15, -0.1) is 0 Å². The smallest absolute Gasteiger partial charge is 0.315 e. The molecule has 0 radical (unpaired) electrons. The predicted octanol–water partition coefficient (Wildman–Crippen LogP) is 1.32. The number of nitrogens with zero attached hydrogens (tertiary/aromatic N) is 1. The van der Waals surface area contributed by atoms with Crippen LogP contribution in [0.5, 0.6) is 11.5 Å². The van der Waals surface area contributed by atoms with Crippen LogP contribution in [0.3, 0.4) is 0 Å². The fraction of sp³-hybridized carbons (Fsp3) is 0.611. The van der Waals surface area contributed by atoms with Gasteiger partial charge in [-0.3, -0.25) is 4.90 Å². The molecule has 7 heteroatoms. The average Bonchev–Trinajstić information content (AvgIpc) is 3.42. The maximum Gasteiger partial charge on any atom is 0.315 e. The maximum absolute atomic E-state index is 12.3. The van der Waals surface area contributed by atoms with Crippen LogP contribution >= 0.6 is 0 Å². The van der Waals surface area contributed by atoms with Crippen molar-refractivity contribution in [3.63, 3.8) is 0 Å². The van der Waals surface area contributed by atoms with E-state index < -0.39 is 0 Å². The van der Waals surface area contributed by atoms with Gasteiger partial charge >= 0.3 is 6.03 Å².